The van der Waals surface area contributed by atoms with Crippen molar-refractivity contribution in [2.45, 2.75) is 26.7 Å². The minimum Gasteiger partial charge on any atom is -0.0744 e. The molecule has 0 nitrogen and oxygen atoms in total. The molecular weight excluding hydrogens is 156 g/mol. The Morgan fingerprint density at radius 2 is 1.85 bits per heavy atom. The molecule has 0 amide bonds. The van der Waals surface area contributed by atoms with Gasteiger partial charge in [-0.15, -0.1) is 0 Å². The van der Waals surface area contributed by atoms with Crippen molar-refractivity contribution in [2.24, 2.45) is 5.41 Å². The lowest BCUT2D eigenvalue weighted by molar-refractivity contribution is 0.390. The van der Waals surface area contributed by atoms with Gasteiger partial charge in [-0.3, -0.25) is 0 Å². The summed E-state index contributed by atoms with van der Waals surface area (Å²) in [5.41, 5.74) is 3.39. The highest BCUT2D eigenvalue weighted by Gasteiger charge is 2.30. The highest BCUT2D eigenvalue weighted by molar-refractivity contribution is 5.72. The van der Waals surface area contributed by atoms with Crippen LogP contribution in [0.5, 0.6) is 0 Å². The van der Waals surface area contributed by atoms with Crippen molar-refractivity contribution in [3.8, 4) is 0 Å². The van der Waals surface area contributed by atoms with Crippen LogP contribution in [0.1, 0.15) is 32.3 Å². The Morgan fingerprint density at radius 1 is 1.23 bits per heavy atom. The van der Waals surface area contributed by atoms with Gasteiger partial charge in [-0.1, -0.05) is 50.3 Å². The van der Waals surface area contributed by atoms with Crippen LogP contribution in [0.15, 0.2) is 36.4 Å². The van der Waals surface area contributed by atoms with E-state index in [9.17, 15) is 0 Å². The summed E-state index contributed by atoms with van der Waals surface area (Å²) >= 11 is 0. The third-order valence-electron chi connectivity index (χ3n) is 3.07. The quantitative estimate of drug-likeness (QED) is 0.635. The monoisotopic (exact) mass is 172 g/mol. The molecule has 0 spiro atoms. The molecule has 0 unspecified atom stereocenters. The first kappa shape index (κ1) is 8.55. The predicted octanol–water partition coefficient (Wildman–Crippen LogP) is 3.89. The predicted molar refractivity (Wildman–Crippen MR) is 57.4 cm³/mol. The van der Waals surface area contributed by atoms with E-state index in [0.29, 0.717) is 5.41 Å². The average Bonchev–Trinajstić information content (AvgIpc) is 2.14. The van der Waals surface area contributed by atoms with Crippen molar-refractivity contribution in [1.82, 2.24) is 0 Å². The molecule has 0 aromatic heterocycles. The van der Waals surface area contributed by atoms with E-state index < -0.39 is 0 Å². The molecule has 2 rings (SSSR count). The maximum Gasteiger partial charge on any atom is -0.0103 e. The zero-order valence-corrected chi connectivity index (χ0v) is 8.38. The minimum atomic E-state index is 0.477. The van der Waals surface area contributed by atoms with Gasteiger partial charge >= 0.3 is 0 Å². The third kappa shape index (κ3) is 1.53. The molecule has 0 radical (unpaired) electrons. The highest BCUT2D eigenvalue weighted by atomic mass is 14.3. The Morgan fingerprint density at radius 3 is 2.38 bits per heavy atom. The standard InChI is InChI=1S/C13H16/c1-3-13(2)9-12(10-13)11-7-5-4-6-8-11/h4-9H,3,10H2,1-2H3/t13-/m1/s1. The average molecular weight is 172 g/mol. The number of hydrogen-bond donors (Lipinski definition) is 0. The van der Waals surface area contributed by atoms with Crippen LogP contribution in [-0.4, -0.2) is 0 Å². The van der Waals surface area contributed by atoms with Crippen molar-refractivity contribution >= 4 is 5.57 Å². The lowest BCUT2D eigenvalue weighted by atomic mass is 9.69. The van der Waals surface area contributed by atoms with Gasteiger partial charge in [0, 0.05) is 0 Å². The Kier molecular flexibility index (Phi) is 1.99. The van der Waals surface area contributed by atoms with E-state index in [1.165, 1.54) is 24.0 Å². The second-order valence-electron chi connectivity index (χ2n) is 4.22. The van der Waals surface area contributed by atoms with Crippen LogP contribution < -0.4 is 0 Å². The summed E-state index contributed by atoms with van der Waals surface area (Å²) < 4.78 is 0. The van der Waals surface area contributed by atoms with Gasteiger partial charge < -0.3 is 0 Å². The van der Waals surface area contributed by atoms with Crippen LogP contribution in [-0.2, 0) is 0 Å². The van der Waals surface area contributed by atoms with Crippen molar-refractivity contribution < 1.29 is 0 Å². The van der Waals surface area contributed by atoms with Crippen LogP contribution in [0.4, 0.5) is 0 Å². The molecule has 1 aliphatic carbocycles. The van der Waals surface area contributed by atoms with Crippen molar-refractivity contribution in [1.29, 1.82) is 0 Å². The van der Waals surface area contributed by atoms with Gasteiger partial charge in [0.15, 0.2) is 0 Å². The van der Waals surface area contributed by atoms with Gasteiger partial charge in [-0.2, -0.15) is 0 Å². The molecule has 0 heterocycles. The zero-order chi connectivity index (χ0) is 9.31. The van der Waals surface area contributed by atoms with E-state index in [1.54, 1.807) is 0 Å². The summed E-state index contributed by atoms with van der Waals surface area (Å²) in [6, 6.07) is 10.7. The molecule has 0 fully saturated rings. The van der Waals surface area contributed by atoms with E-state index in [-0.39, 0.29) is 0 Å². The van der Waals surface area contributed by atoms with E-state index in [0.717, 1.165) is 0 Å². The van der Waals surface area contributed by atoms with E-state index in [2.05, 4.69) is 50.3 Å². The summed E-state index contributed by atoms with van der Waals surface area (Å²) in [4.78, 5) is 0. The number of rotatable bonds is 2. The molecule has 0 heteroatoms. The maximum atomic E-state index is 2.42. The summed E-state index contributed by atoms with van der Waals surface area (Å²) in [5, 5.41) is 0. The number of benzene rings is 1. The Balaban J connectivity index is 2.20. The third-order valence-corrected chi connectivity index (χ3v) is 3.07. The first-order valence-electron chi connectivity index (χ1n) is 5.01. The minimum absolute atomic E-state index is 0.477. The molecule has 0 saturated heterocycles. The summed E-state index contributed by atoms with van der Waals surface area (Å²) in [6.07, 6.45) is 4.92. The topological polar surface area (TPSA) is 0 Å². The van der Waals surface area contributed by atoms with Gasteiger partial charge in [-0.05, 0) is 29.4 Å². The Hall–Kier alpha value is -1.04. The first-order valence-corrected chi connectivity index (χ1v) is 5.01. The second kappa shape index (κ2) is 3.02. The van der Waals surface area contributed by atoms with Gasteiger partial charge in [-0.25, -0.2) is 0 Å². The van der Waals surface area contributed by atoms with Gasteiger partial charge in [0.25, 0.3) is 0 Å². The normalized spacial score (nSPS) is 26.5. The highest BCUT2D eigenvalue weighted by Crippen LogP contribution is 2.45. The molecule has 1 atom stereocenters. The number of hydrogen-bond acceptors (Lipinski definition) is 0. The van der Waals surface area contributed by atoms with Crippen LogP contribution in [0.2, 0.25) is 0 Å². The summed E-state index contributed by atoms with van der Waals surface area (Å²) in [5.74, 6) is 0. The molecular formula is C13H16. The molecule has 13 heavy (non-hydrogen) atoms. The molecule has 1 aromatic rings. The second-order valence-corrected chi connectivity index (χ2v) is 4.22. The van der Waals surface area contributed by atoms with Crippen molar-refractivity contribution in [3.05, 3.63) is 42.0 Å². The molecule has 0 bridgehead atoms. The van der Waals surface area contributed by atoms with Gasteiger partial charge in [0.05, 0.1) is 0 Å². The molecule has 68 valence electrons. The van der Waals surface area contributed by atoms with Crippen LogP contribution >= 0.6 is 0 Å². The van der Waals surface area contributed by atoms with E-state index >= 15 is 0 Å². The van der Waals surface area contributed by atoms with Gasteiger partial charge in [0.1, 0.15) is 0 Å². The zero-order valence-electron chi connectivity index (χ0n) is 8.38. The Bertz CT molecular complexity index is 321. The molecule has 0 N–H and O–H groups in total. The lowest BCUT2D eigenvalue weighted by Gasteiger charge is -2.36. The molecule has 0 aliphatic heterocycles. The van der Waals surface area contributed by atoms with Crippen molar-refractivity contribution in [2.75, 3.05) is 0 Å². The fraction of sp³-hybridized carbons (Fsp3) is 0.385. The lowest BCUT2D eigenvalue weighted by Crippen LogP contribution is -2.21. The smallest absolute Gasteiger partial charge is 0.0103 e. The molecule has 0 saturated carbocycles. The fourth-order valence-electron chi connectivity index (χ4n) is 1.89. The number of allylic oxidation sites excluding steroid dienone is 2. The van der Waals surface area contributed by atoms with E-state index in [1.807, 2.05) is 0 Å². The van der Waals surface area contributed by atoms with Crippen LogP contribution in [0.3, 0.4) is 0 Å². The SMILES string of the molecule is CC[C@]1(C)C=C(c2ccccc2)C1. The first-order chi connectivity index (χ1) is 6.23. The largest absolute Gasteiger partial charge is 0.0744 e. The van der Waals surface area contributed by atoms with Crippen LogP contribution in [0, 0.1) is 5.41 Å². The maximum absolute atomic E-state index is 2.42. The van der Waals surface area contributed by atoms with E-state index in [4.69, 9.17) is 0 Å². The van der Waals surface area contributed by atoms with Crippen LogP contribution in [0.25, 0.3) is 5.57 Å². The molecule has 1 aromatic carbocycles. The fourth-order valence-corrected chi connectivity index (χ4v) is 1.89. The Labute approximate surface area is 80.3 Å². The van der Waals surface area contributed by atoms with Gasteiger partial charge in [0.2, 0.25) is 0 Å². The summed E-state index contributed by atoms with van der Waals surface area (Å²) in [6.45, 7) is 4.59. The summed E-state index contributed by atoms with van der Waals surface area (Å²) in [7, 11) is 0. The van der Waals surface area contributed by atoms with Crippen molar-refractivity contribution in [3.63, 3.8) is 0 Å². The molecule has 1 aliphatic rings.